The minimum Gasteiger partial charge on any atom is -0.378 e. The Hall–Kier alpha value is -1.59. The van der Waals surface area contributed by atoms with E-state index in [1.54, 1.807) is 12.1 Å². The van der Waals surface area contributed by atoms with Crippen molar-refractivity contribution in [2.75, 3.05) is 0 Å². The normalized spacial score (nSPS) is 11.9. The molecule has 0 amide bonds. The first-order chi connectivity index (χ1) is 6.97. The van der Waals surface area contributed by atoms with Gasteiger partial charge in [-0.2, -0.15) is 4.39 Å². The van der Waals surface area contributed by atoms with Gasteiger partial charge in [0.2, 0.25) is 0 Å². The third-order valence-corrected chi connectivity index (χ3v) is 1.58. The van der Waals surface area contributed by atoms with Crippen LogP contribution >= 0.6 is 0 Å². The van der Waals surface area contributed by atoms with E-state index in [0.29, 0.717) is 0 Å². The largest absolute Gasteiger partial charge is 0.378 e. The summed E-state index contributed by atoms with van der Waals surface area (Å²) in [5.41, 5.74) is -0.415. The maximum absolute atomic E-state index is 13.2. The second kappa shape index (κ2) is 4.77. The zero-order valence-corrected chi connectivity index (χ0v) is 8.79. The minimum atomic E-state index is -1.16. The fourth-order valence-electron chi connectivity index (χ4n) is 0.944. The van der Waals surface area contributed by atoms with E-state index in [0.717, 1.165) is 5.56 Å². The molecule has 0 atom stereocenters. The number of allylic oxidation sites excluding steroid dienone is 1. The molecule has 0 aliphatic rings. The van der Waals surface area contributed by atoms with Crippen molar-refractivity contribution in [2.24, 2.45) is 0 Å². The lowest BCUT2D eigenvalue weighted by Crippen LogP contribution is -2.14. The average molecular weight is 204 g/mol. The molecule has 0 bridgehead atoms. The first kappa shape index (κ1) is 11.5. The van der Waals surface area contributed by atoms with Crippen molar-refractivity contribution in [2.45, 2.75) is 19.4 Å². The van der Waals surface area contributed by atoms with Crippen LogP contribution < -0.4 is 0 Å². The zero-order chi connectivity index (χ0) is 11.3. The van der Waals surface area contributed by atoms with E-state index in [9.17, 15) is 9.50 Å². The Morgan fingerprint density at radius 2 is 1.93 bits per heavy atom. The quantitative estimate of drug-likeness (QED) is 0.697. The lowest BCUT2D eigenvalue weighted by atomic mass is 10.1. The van der Waals surface area contributed by atoms with Crippen LogP contribution in [0.4, 0.5) is 4.39 Å². The summed E-state index contributed by atoms with van der Waals surface area (Å²) in [6, 6.07) is 9.07. The lowest BCUT2D eigenvalue weighted by molar-refractivity contribution is 0.143. The molecule has 0 aliphatic carbocycles. The maximum atomic E-state index is 13.2. The van der Waals surface area contributed by atoms with Gasteiger partial charge in [0.1, 0.15) is 5.60 Å². The lowest BCUT2D eigenvalue weighted by Gasteiger charge is -2.05. The van der Waals surface area contributed by atoms with E-state index in [2.05, 4.69) is 11.8 Å². The molecule has 0 spiro atoms. The molecule has 0 saturated carbocycles. The van der Waals surface area contributed by atoms with Crippen molar-refractivity contribution in [3.8, 4) is 11.8 Å². The Morgan fingerprint density at radius 3 is 2.47 bits per heavy atom. The number of hydrogen-bond donors (Lipinski definition) is 1. The number of aliphatic hydroxyl groups is 1. The molecule has 0 aromatic heterocycles. The van der Waals surface area contributed by atoms with Crippen molar-refractivity contribution >= 4 is 6.08 Å². The van der Waals surface area contributed by atoms with E-state index >= 15 is 0 Å². The standard InChI is InChI=1S/C13H13FO/c1-13(2,15)9-8-12(14)10-11-6-4-3-5-7-11/h3-7,10,15H,1-2H3/b12-10+. The molecular formula is C13H13FO. The third kappa shape index (κ3) is 4.99. The Morgan fingerprint density at radius 1 is 1.33 bits per heavy atom. The van der Waals surface area contributed by atoms with Gasteiger partial charge < -0.3 is 5.11 Å². The molecule has 1 N–H and O–H groups in total. The van der Waals surface area contributed by atoms with Gasteiger partial charge in [-0.3, -0.25) is 0 Å². The van der Waals surface area contributed by atoms with Crippen LogP contribution in [-0.2, 0) is 0 Å². The van der Waals surface area contributed by atoms with Crippen LogP contribution in [-0.4, -0.2) is 10.7 Å². The summed E-state index contributed by atoms with van der Waals surface area (Å²) in [4.78, 5) is 0. The van der Waals surface area contributed by atoms with Gasteiger partial charge in [0.15, 0.2) is 5.83 Å². The molecule has 1 nitrogen and oxygen atoms in total. The molecule has 0 unspecified atom stereocenters. The highest BCUT2D eigenvalue weighted by molar-refractivity contribution is 5.55. The predicted octanol–water partition coefficient (Wildman–Crippen LogP) is 2.77. The molecule has 1 aromatic carbocycles. The highest BCUT2D eigenvalue weighted by atomic mass is 19.1. The molecule has 1 aromatic rings. The molecular weight excluding hydrogens is 191 g/mol. The number of hydrogen-bond acceptors (Lipinski definition) is 1. The van der Waals surface area contributed by atoms with Gasteiger partial charge >= 0.3 is 0 Å². The molecule has 0 radical (unpaired) electrons. The van der Waals surface area contributed by atoms with Gasteiger partial charge in [0, 0.05) is 0 Å². The molecule has 2 heteroatoms. The van der Waals surface area contributed by atoms with E-state index in [1.165, 1.54) is 19.9 Å². The Balaban J connectivity index is 2.81. The molecule has 0 saturated heterocycles. The van der Waals surface area contributed by atoms with E-state index in [1.807, 2.05) is 18.2 Å². The molecule has 0 fully saturated rings. The van der Waals surface area contributed by atoms with Crippen LogP contribution in [0.1, 0.15) is 19.4 Å². The molecule has 0 heterocycles. The van der Waals surface area contributed by atoms with Gasteiger partial charge in [-0.05, 0) is 31.4 Å². The van der Waals surface area contributed by atoms with Gasteiger partial charge in [0.05, 0.1) is 0 Å². The first-order valence-electron chi connectivity index (χ1n) is 4.65. The third-order valence-electron chi connectivity index (χ3n) is 1.58. The average Bonchev–Trinajstić information content (AvgIpc) is 2.15. The van der Waals surface area contributed by atoms with Crippen molar-refractivity contribution in [1.82, 2.24) is 0 Å². The second-order valence-electron chi connectivity index (χ2n) is 3.71. The molecule has 1 rings (SSSR count). The van der Waals surface area contributed by atoms with Crippen LogP contribution in [0, 0.1) is 11.8 Å². The monoisotopic (exact) mass is 204 g/mol. The highest BCUT2D eigenvalue weighted by Gasteiger charge is 2.05. The molecule has 15 heavy (non-hydrogen) atoms. The molecule has 78 valence electrons. The zero-order valence-electron chi connectivity index (χ0n) is 8.79. The Bertz CT molecular complexity index is 402. The number of rotatable bonds is 1. The Labute approximate surface area is 89.3 Å². The van der Waals surface area contributed by atoms with Crippen LogP contribution in [0.5, 0.6) is 0 Å². The summed E-state index contributed by atoms with van der Waals surface area (Å²) < 4.78 is 13.2. The van der Waals surface area contributed by atoms with Crippen LogP contribution in [0.15, 0.2) is 36.2 Å². The van der Waals surface area contributed by atoms with Gasteiger partial charge in [0.25, 0.3) is 0 Å². The SMILES string of the molecule is CC(C)(O)C#C/C(F)=C\c1ccccc1. The molecule has 0 aliphatic heterocycles. The smallest absolute Gasteiger partial charge is 0.173 e. The minimum absolute atomic E-state index is 0.552. The van der Waals surface area contributed by atoms with Crippen molar-refractivity contribution in [3.05, 3.63) is 41.7 Å². The van der Waals surface area contributed by atoms with Crippen molar-refractivity contribution in [3.63, 3.8) is 0 Å². The summed E-state index contributed by atoms with van der Waals surface area (Å²) in [5.74, 6) is 4.12. The summed E-state index contributed by atoms with van der Waals surface area (Å²) in [7, 11) is 0. The van der Waals surface area contributed by atoms with Crippen molar-refractivity contribution in [1.29, 1.82) is 0 Å². The van der Waals surface area contributed by atoms with Gasteiger partial charge in [-0.25, -0.2) is 0 Å². The summed E-state index contributed by atoms with van der Waals surface area (Å²) in [6.07, 6.45) is 1.33. The van der Waals surface area contributed by atoms with Gasteiger partial charge in [-0.15, -0.1) is 0 Å². The van der Waals surface area contributed by atoms with Crippen LogP contribution in [0.3, 0.4) is 0 Å². The van der Waals surface area contributed by atoms with E-state index in [4.69, 9.17) is 0 Å². The van der Waals surface area contributed by atoms with Crippen LogP contribution in [0.25, 0.3) is 6.08 Å². The highest BCUT2D eigenvalue weighted by Crippen LogP contribution is 2.07. The fraction of sp³-hybridized carbons (Fsp3) is 0.231. The van der Waals surface area contributed by atoms with Crippen molar-refractivity contribution < 1.29 is 9.50 Å². The summed E-state index contributed by atoms with van der Waals surface area (Å²) in [5, 5.41) is 9.27. The predicted molar refractivity (Wildman–Crippen MR) is 59.6 cm³/mol. The first-order valence-corrected chi connectivity index (χ1v) is 4.65. The fourth-order valence-corrected chi connectivity index (χ4v) is 0.944. The summed E-state index contributed by atoms with van der Waals surface area (Å²) in [6.45, 7) is 3.02. The second-order valence-corrected chi connectivity index (χ2v) is 3.71. The van der Waals surface area contributed by atoms with E-state index in [-0.39, 0.29) is 0 Å². The number of benzene rings is 1. The van der Waals surface area contributed by atoms with Crippen LogP contribution in [0.2, 0.25) is 0 Å². The van der Waals surface area contributed by atoms with E-state index < -0.39 is 11.4 Å². The maximum Gasteiger partial charge on any atom is 0.173 e. The Kier molecular flexibility index (Phi) is 3.65. The summed E-state index contributed by atoms with van der Waals surface area (Å²) >= 11 is 0. The van der Waals surface area contributed by atoms with Gasteiger partial charge in [-0.1, -0.05) is 36.3 Å². The number of halogens is 1. The topological polar surface area (TPSA) is 20.2 Å².